The lowest BCUT2D eigenvalue weighted by molar-refractivity contribution is 0.0793. The van der Waals surface area contributed by atoms with Gasteiger partial charge in [0.15, 0.2) is 0 Å². The van der Waals surface area contributed by atoms with E-state index in [9.17, 15) is 4.79 Å². The number of amides is 1. The van der Waals surface area contributed by atoms with Crippen LogP contribution in [0.3, 0.4) is 0 Å². The lowest BCUT2D eigenvalue weighted by Gasteiger charge is -2.15. The second kappa shape index (κ2) is 4.61. The molecule has 1 aliphatic heterocycles. The number of likely N-dealkylation sites (tertiary alicyclic amines) is 1. The minimum Gasteiger partial charge on any atom is -0.337 e. The lowest BCUT2D eigenvalue weighted by atomic mass is 10.2. The summed E-state index contributed by atoms with van der Waals surface area (Å²) in [5.41, 5.74) is 0.644. The SMILES string of the molecule is O=C(c1cncc(Br)c1)N1CCC(Br)C1. The van der Waals surface area contributed by atoms with E-state index in [4.69, 9.17) is 0 Å². The smallest absolute Gasteiger partial charge is 0.255 e. The molecule has 1 fully saturated rings. The predicted molar refractivity (Wildman–Crippen MR) is 65.2 cm³/mol. The molecule has 0 aromatic carbocycles. The summed E-state index contributed by atoms with van der Waals surface area (Å²) < 4.78 is 0.836. The van der Waals surface area contributed by atoms with Gasteiger partial charge in [-0.3, -0.25) is 9.78 Å². The summed E-state index contributed by atoms with van der Waals surface area (Å²) in [6, 6.07) is 1.80. The first-order valence-corrected chi connectivity index (χ1v) is 6.41. The molecule has 1 atom stereocenters. The van der Waals surface area contributed by atoms with Crippen molar-refractivity contribution in [3.05, 3.63) is 28.5 Å². The third kappa shape index (κ3) is 2.58. The van der Waals surface area contributed by atoms with E-state index in [1.54, 1.807) is 18.5 Å². The molecule has 1 saturated heterocycles. The number of pyridine rings is 1. The Kier molecular flexibility index (Phi) is 3.41. The standard InChI is InChI=1S/C10H10Br2N2O/c11-8-1-2-14(6-8)10(15)7-3-9(12)5-13-4-7/h3-5,8H,1-2,6H2. The van der Waals surface area contributed by atoms with E-state index >= 15 is 0 Å². The van der Waals surface area contributed by atoms with E-state index in [1.807, 2.05) is 4.90 Å². The van der Waals surface area contributed by atoms with Crippen molar-refractivity contribution in [1.82, 2.24) is 9.88 Å². The van der Waals surface area contributed by atoms with Crippen LogP contribution in [0.15, 0.2) is 22.9 Å². The van der Waals surface area contributed by atoms with Crippen molar-refractivity contribution in [3.8, 4) is 0 Å². The van der Waals surface area contributed by atoms with Crippen molar-refractivity contribution < 1.29 is 4.79 Å². The Morgan fingerprint density at radius 3 is 2.93 bits per heavy atom. The van der Waals surface area contributed by atoms with Gasteiger partial charge < -0.3 is 4.90 Å². The van der Waals surface area contributed by atoms with Crippen LogP contribution >= 0.6 is 31.9 Å². The molecule has 0 aliphatic carbocycles. The number of carbonyl (C=O) groups excluding carboxylic acids is 1. The molecule has 1 unspecified atom stereocenters. The molecule has 0 saturated carbocycles. The van der Waals surface area contributed by atoms with Gasteiger partial charge in [-0.25, -0.2) is 0 Å². The summed E-state index contributed by atoms with van der Waals surface area (Å²) in [6.45, 7) is 1.60. The highest BCUT2D eigenvalue weighted by Crippen LogP contribution is 2.19. The highest BCUT2D eigenvalue weighted by Gasteiger charge is 2.25. The molecule has 1 aromatic rings. The first kappa shape index (κ1) is 11.1. The minimum absolute atomic E-state index is 0.0609. The van der Waals surface area contributed by atoms with Gasteiger partial charge in [0.2, 0.25) is 0 Å². The zero-order valence-electron chi connectivity index (χ0n) is 7.99. The van der Waals surface area contributed by atoms with Crippen molar-refractivity contribution in [2.45, 2.75) is 11.2 Å². The molecule has 1 amide bonds. The monoisotopic (exact) mass is 332 g/mol. The van der Waals surface area contributed by atoms with E-state index in [0.717, 1.165) is 24.0 Å². The Morgan fingerprint density at radius 2 is 2.33 bits per heavy atom. The molecule has 2 heterocycles. The first-order chi connectivity index (χ1) is 7.16. The van der Waals surface area contributed by atoms with Crippen LogP contribution in [-0.2, 0) is 0 Å². The van der Waals surface area contributed by atoms with Gasteiger partial charge in [0.05, 0.1) is 5.56 Å². The summed E-state index contributed by atoms with van der Waals surface area (Å²) in [4.78, 5) is 18.3. The van der Waals surface area contributed by atoms with Crippen molar-refractivity contribution >= 4 is 37.8 Å². The van der Waals surface area contributed by atoms with E-state index in [2.05, 4.69) is 36.8 Å². The van der Waals surface area contributed by atoms with Gasteiger partial charge in [-0.15, -0.1) is 0 Å². The van der Waals surface area contributed by atoms with Crippen LogP contribution < -0.4 is 0 Å². The van der Waals surface area contributed by atoms with Gasteiger partial charge in [0.25, 0.3) is 5.91 Å². The number of hydrogen-bond acceptors (Lipinski definition) is 2. The predicted octanol–water partition coefficient (Wildman–Crippen LogP) is 2.45. The average Bonchev–Trinajstić information content (AvgIpc) is 2.64. The van der Waals surface area contributed by atoms with Crippen LogP contribution in [0.1, 0.15) is 16.8 Å². The quantitative estimate of drug-likeness (QED) is 0.740. The second-order valence-electron chi connectivity index (χ2n) is 3.53. The molecule has 1 aliphatic rings. The van der Waals surface area contributed by atoms with Crippen molar-refractivity contribution in [2.24, 2.45) is 0 Å². The maximum absolute atomic E-state index is 12.0. The number of carbonyl (C=O) groups is 1. The fourth-order valence-corrected chi connectivity index (χ4v) is 2.53. The van der Waals surface area contributed by atoms with Crippen molar-refractivity contribution in [1.29, 1.82) is 0 Å². The van der Waals surface area contributed by atoms with Crippen LogP contribution in [0.5, 0.6) is 0 Å². The maximum atomic E-state index is 12.0. The van der Waals surface area contributed by atoms with Gasteiger partial charge >= 0.3 is 0 Å². The fraction of sp³-hybridized carbons (Fsp3) is 0.400. The summed E-state index contributed by atoms with van der Waals surface area (Å²) in [6.07, 6.45) is 4.30. The Labute approximate surface area is 105 Å². The summed E-state index contributed by atoms with van der Waals surface area (Å²) in [5.74, 6) is 0.0609. The molecular formula is C10H10Br2N2O. The lowest BCUT2D eigenvalue weighted by Crippen LogP contribution is -2.28. The molecular weight excluding hydrogens is 324 g/mol. The Balaban J connectivity index is 2.14. The number of halogens is 2. The Hall–Kier alpha value is -0.420. The highest BCUT2D eigenvalue weighted by atomic mass is 79.9. The summed E-state index contributed by atoms with van der Waals surface area (Å²) >= 11 is 6.82. The number of alkyl halides is 1. The number of aromatic nitrogens is 1. The van der Waals surface area contributed by atoms with Crippen LogP contribution in [0.2, 0.25) is 0 Å². The molecule has 0 radical (unpaired) electrons. The van der Waals surface area contributed by atoms with E-state index in [1.165, 1.54) is 0 Å². The van der Waals surface area contributed by atoms with Crippen LogP contribution in [0.4, 0.5) is 0 Å². The molecule has 0 N–H and O–H groups in total. The van der Waals surface area contributed by atoms with Crippen LogP contribution in [-0.4, -0.2) is 33.7 Å². The summed E-state index contributed by atoms with van der Waals surface area (Å²) in [5, 5.41) is 0. The Bertz CT molecular complexity index is 383. The first-order valence-electron chi connectivity index (χ1n) is 4.70. The van der Waals surface area contributed by atoms with E-state index < -0.39 is 0 Å². The maximum Gasteiger partial charge on any atom is 0.255 e. The van der Waals surface area contributed by atoms with Gasteiger partial charge in [-0.05, 0) is 28.4 Å². The van der Waals surface area contributed by atoms with Crippen molar-refractivity contribution in [3.63, 3.8) is 0 Å². The topological polar surface area (TPSA) is 33.2 Å². The molecule has 3 nitrogen and oxygen atoms in total. The third-order valence-electron chi connectivity index (χ3n) is 2.37. The zero-order chi connectivity index (χ0) is 10.8. The second-order valence-corrected chi connectivity index (χ2v) is 5.74. The van der Waals surface area contributed by atoms with Gasteiger partial charge in [0, 0.05) is 34.8 Å². The average molecular weight is 334 g/mol. The number of rotatable bonds is 1. The molecule has 1 aromatic heterocycles. The molecule has 80 valence electrons. The molecule has 5 heteroatoms. The van der Waals surface area contributed by atoms with Gasteiger partial charge in [-0.2, -0.15) is 0 Å². The summed E-state index contributed by atoms with van der Waals surface area (Å²) in [7, 11) is 0. The minimum atomic E-state index is 0.0609. The third-order valence-corrected chi connectivity index (χ3v) is 3.55. The largest absolute Gasteiger partial charge is 0.337 e. The fourth-order valence-electron chi connectivity index (χ4n) is 1.61. The zero-order valence-corrected chi connectivity index (χ0v) is 11.2. The van der Waals surface area contributed by atoms with Gasteiger partial charge in [0.1, 0.15) is 0 Å². The molecule has 0 bridgehead atoms. The number of hydrogen-bond donors (Lipinski definition) is 0. The van der Waals surface area contributed by atoms with Crippen molar-refractivity contribution in [2.75, 3.05) is 13.1 Å². The normalized spacial score (nSPS) is 20.7. The molecule has 0 spiro atoms. The van der Waals surface area contributed by atoms with E-state index in [0.29, 0.717) is 10.4 Å². The number of nitrogens with zero attached hydrogens (tertiary/aromatic N) is 2. The van der Waals surface area contributed by atoms with E-state index in [-0.39, 0.29) is 5.91 Å². The van der Waals surface area contributed by atoms with Crippen LogP contribution in [0.25, 0.3) is 0 Å². The van der Waals surface area contributed by atoms with Gasteiger partial charge in [-0.1, -0.05) is 15.9 Å². The molecule has 15 heavy (non-hydrogen) atoms. The van der Waals surface area contributed by atoms with Crippen LogP contribution in [0, 0.1) is 0 Å². The molecule has 2 rings (SSSR count). The highest BCUT2D eigenvalue weighted by molar-refractivity contribution is 9.10. The Morgan fingerprint density at radius 1 is 1.53 bits per heavy atom.